The quantitative estimate of drug-likeness (QED) is 0.865. The summed E-state index contributed by atoms with van der Waals surface area (Å²) >= 11 is 3.28. The van der Waals surface area contributed by atoms with Crippen molar-refractivity contribution in [3.8, 4) is 0 Å². The maximum absolute atomic E-state index is 13.0. The summed E-state index contributed by atoms with van der Waals surface area (Å²) in [6.07, 6.45) is 0. The van der Waals surface area contributed by atoms with Crippen LogP contribution in [0.3, 0.4) is 0 Å². The van der Waals surface area contributed by atoms with Gasteiger partial charge in [-0.3, -0.25) is 0 Å². The zero-order valence-corrected chi connectivity index (χ0v) is 13.6. The molecule has 0 aromatic heterocycles. The topological polar surface area (TPSA) is 72.2 Å². The Morgan fingerprint density at radius 1 is 1.24 bits per heavy atom. The smallest absolute Gasteiger partial charge is 0.238 e. The fourth-order valence-corrected chi connectivity index (χ4v) is 3.18. The van der Waals surface area contributed by atoms with E-state index >= 15 is 0 Å². The van der Waals surface area contributed by atoms with Crippen LogP contribution in [0, 0.1) is 12.7 Å². The van der Waals surface area contributed by atoms with Gasteiger partial charge in [-0.25, -0.2) is 17.9 Å². The Morgan fingerprint density at radius 3 is 2.57 bits per heavy atom. The highest BCUT2D eigenvalue weighted by atomic mass is 79.9. The standard InChI is InChI=1S/C14H14BrFN2O2S/c1-9-2-5-12(7-14(9)21(17,19)20)18-8-10-3-4-11(16)6-13(10)15/h2-7,18H,8H2,1H3,(H2,17,19,20). The third-order valence-electron chi connectivity index (χ3n) is 2.99. The molecule has 0 atom stereocenters. The summed E-state index contributed by atoms with van der Waals surface area (Å²) in [6.45, 7) is 2.11. The van der Waals surface area contributed by atoms with E-state index < -0.39 is 10.0 Å². The lowest BCUT2D eigenvalue weighted by Gasteiger charge is -2.11. The normalized spacial score (nSPS) is 11.4. The number of halogens is 2. The molecule has 2 aromatic rings. The summed E-state index contributed by atoms with van der Waals surface area (Å²) < 4.78 is 36.6. The Kier molecular flexibility index (Phi) is 4.65. The molecule has 0 saturated heterocycles. The van der Waals surface area contributed by atoms with Crippen molar-refractivity contribution in [1.82, 2.24) is 0 Å². The number of sulfonamides is 1. The first-order valence-corrected chi connectivity index (χ1v) is 8.42. The van der Waals surface area contributed by atoms with Crippen molar-refractivity contribution in [3.63, 3.8) is 0 Å². The second-order valence-corrected chi connectivity index (χ2v) is 7.00. The number of hydrogen-bond donors (Lipinski definition) is 2. The molecule has 21 heavy (non-hydrogen) atoms. The lowest BCUT2D eigenvalue weighted by atomic mass is 10.2. The predicted octanol–water partition coefficient (Wildman–Crippen LogP) is 3.16. The number of benzene rings is 2. The highest BCUT2D eigenvalue weighted by molar-refractivity contribution is 9.10. The number of primary sulfonamides is 1. The largest absolute Gasteiger partial charge is 0.381 e. The second-order valence-electron chi connectivity index (χ2n) is 4.61. The third kappa shape index (κ3) is 4.03. The van der Waals surface area contributed by atoms with Crippen molar-refractivity contribution < 1.29 is 12.8 Å². The van der Waals surface area contributed by atoms with Gasteiger partial charge in [0.2, 0.25) is 10.0 Å². The molecule has 0 spiro atoms. The van der Waals surface area contributed by atoms with Crippen LogP contribution in [0.5, 0.6) is 0 Å². The number of nitrogens with one attached hydrogen (secondary N) is 1. The average Bonchev–Trinajstić information content (AvgIpc) is 2.38. The maximum Gasteiger partial charge on any atom is 0.238 e. The van der Waals surface area contributed by atoms with Crippen LogP contribution in [-0.4, -0.2) is 8.42 Å². The Labute approximate surface area is 131 Å². The van der Waals surface area contributed by atoms with E-state index in [2.05, 4.69) is 21.2 Å². The SMILES string of the molecule is Cc1ccc(NCc2ccc(F)cc2Br)cc1S(N)(=O)=O. The van der Waals surface area contributed by atoms with Crippen molar-refractivity contribution in [2.75, 3.05) is 5.32 Å². The number of aryl methyl sites for hydroxylation is 1. The van der Waals surface area contributed by atoms with Crippen LogP contribution in [0.25, 0.3) is 0 Å². The molecule has 0 radical (unpaired) electrons. The van der Waals surface area contributed by atoms with Crippen molar-refractivity contribution in [2.45, 2.75) is 18.4 Å². The Balaban J connectivity index is 2.21. The lowest BCUT2D eigenvalue weighted by molar-refractivity contribution is 0.597. The van der Waals surface area contributed by atoms with Gasteiger partial charge in [0.25, 0.3) is 0 Å². The summed E-state index contributed by atoms with van der Waals surface area (Å²) in [7, 11) is -3.75. The molecule has 0 aliphatic carbocycles. The van der Waals surface area contributed by atoms with E-state index in [1.165, 1.54) is 18.2 Å². The van der Waals surface area contributed by atoms with Gasteiger partial charge in [-0.2, -0.15) is 0 Å². The Hall–Kier alpha value is -1.44. The van der Waals surface area contributed by atoms with Crippen LogP contribution in [0.15, 0.2) is 45.8 Å². The third-order valence-corrected chi connectivity index (χ3v) is 4.78. The highest BCUT2D eigenvalue weighted by Crippen LogP contribution is 2.22. The summed E-state index contributed by atoms with van der Waals surface area (Å²) in [5, 5.41) is 8.26. The summed E-state index contributed by atoms with van der Waals surface area (Å²) in [6, 6.07) is 9.33. The van der Waals surface area contributed by atoms with E-state index in [-0.39, 0.29) is 10.7 Å². The molecule has 0 amide bonds. The molecule has 0 aliphatic heterocycles. The van der Waals surface area contributed by atoms with Crippen LogP contribution in [-0.2, 0) is 16.6 Å². The minimum absolute atomic E-state index is 0.0886. The minimum atomic E-state index is -3.75. The highest BCUT2D eigenvalue weighted by Gasteiger charge is 2.12. The first-order chi connectivity index (χ1) is 9.77. The zero-order chi connectivity index (χ0) is 15.6. The molecule has 0 bridgehead atoms. The predicted molar refractivity (Wildman–Crippen MR) is 84.0 cm³/mol. The van der Waals surface area contributed by atoms with Gasteiger partial charge in [0, 0.05) is 16.7 Å². The molecule has 3 N–H and O–H groups in total. The number of rotatable bonds is 4. The van der Waals surface area contributed by atoms with Crippen molar-refractivity contribution in [1.29, 1.82) is 0 Å². The molecular weight excluding hydrogens is 359 g/mol. The van der Waals surface area contributed by atoms with Gasteiger partial charge in [-0.1, -0.05) is 28.1 Å². The van der Waals surface area contributed by atoms with E-state index in [0.29, 0.717) is 22.3 Å². The van der Waals surface area contributed by atoms with E-state index in [1.54, 1.807) is 25.1 Å². The number of nitrogens with two attached hydrogens (primary N) is 1. The molecule has 2 aromatic carbocycles. The Bertz CT molecular complexity index is 779. The fourth-order valence-electron chi connectivity index (χ4n) is 1.88. The van der Waals surface area contributed by atoms with Crippen molar-refractivity contribution >= 4 is 31.6 Å². The molecule has 0 fully saturated rings. The molecule has 4 nitrogen and oxygen atoms in total. The lowest BCUT2D eigenvalue weighted by Crippen LogP contribution is -2.14. The van der Waals surface area contributed by atoms with Gasteiger partial charge in [0.1, 0.15) is 5.82 Å². The maximum atomic E-state index is 13.0. The number of hydrogen-bond acceptors (Lipinski definition) is 3. The van der Waals surface area contributed by atoms with Crippen molar-refractivity contribution in [3.05, 3.63) is 57.8 Å². The van der Waals surface area contributed by atoms with Gasteiger partial charge in [0.15, 0.2) is 0 Å². The van der Waals surface area contributed by atoms with E-state index in [9.17, 15) is 12.8 Å². The van der Waals surface area contributed by atoms with Gasteiger partial charge in [0.05, 0.1) is 4.90 Å². The van der Waals surface area contributed by atoms with Crippen LogP contribution in [0.2, 0.25) is 0 Å². The monoisotopic (exact) mass is 372 g/mol. The zero-order valence-electron chi connectivity index (χ0n) is 11.2. The molecule has 0 aliphatic rings. The van der Waals surface area contributed by atoms with E-state index in [1.807, 2.05) is 0 Å². The van der Waals surface area contributed by atoms with Crippen LogP contribution in [0.1, 0.15) is 11.1 Å². The Morgan fingerprint density at radius 2 is 1.95 bits per heavy atom. The number of anilines is 1. The van der Waals surface area contributed by atoms with Crippen molar-refractivity contribution in [2.24, 2.45) is 5.14 Å². The molecule has 0 heterocycles. The van der Waals surface area contributed by atoms with E-state index in [0.717, 1.165) is 5.56 Å². The van der Waals surface area contributed by atoms with Crippen LogP contribution >= 0.6 is 15.9 Å². The molecule has 2 rings (SSSR count). The average molecular weight is 373 g/mol. The van der Waals surface area contributed by atoms with Gasteiger partial charge in [-0.15, -0.1) is 0 Å². The molecule has 112 valence electrons. The molecule has 7 heteroatoms. The van der Waals surface area contributed by atoms with Crippen LogP contribution < -0.4 is 10.5 Å². The summed E-state index contributed by atoms with van der Waals surface area (Å²) in [5.41, 5.74) is 2.07. The van der Waals surface area contributed by atoms with Crippen LogP contribution in [0.4, 0.5) is 10.1 Å². The van der Waals surface area contributed by atoms with E-state index in [4.69, 9.17) is 5.14 Å². The molecular formula is C14H14BrFN2O2S. The van der Waals surface area contributed by atoms with Gasteiger partial charge < -0.3 is 5.32 Å². The minimum Gasteiger partial charge on any atom is -0.381 e. The first-order valence-electron chi connectivity index (χ1n) is 6.08. The summed E-state index contributed by atoms with van der Waals surface area (Å²) in [5.74, 6) is -0.322. The van der Waals surface area contributed by atoms with Gasteiger partial charge in [-0.05, 0) is 42.3 Å². The second kappa shape index (κ2) is 6.13. The molecule has 0 unspecified atom stereocenters. The molecule has 0 saturated carbocycles. The summed E-state index contributed by atoms with van der Waals surface area (Å²) in [4.78, 5) is 0.0886. The first kappa shape index (κ1) is 15.9. The fraction of sp³-hybridized carbons (Fsp3) is 0.143. The van der Waals surface area contributed by atoms with Gasteiger partial charge >= 0.3 is 0 Å².